The highest BCUT2D eigenvalue weighted by Gasteiger charge is 2.59. The third-order valence-corrected chi connectivity index (χ3v) is 11.5. The number of hydrogen-bond acceptors (Lipinski definition) is 2. The number of hydrogen-bond donors (Lipinski definition) is 2. The fourth-order valence-electron chi connectivity index (χ4n) is 9.30. The molecule has 0 saturated heterocycles. The Kier molecular flexibility index (Phi) is 6.90. The van der Waals surface area contributed by atoms with E-state index in [-0.39, 0.29) is 12.0 Å². The zero-order valence-electron chi connectivity index (χ0n) is 21.3. The van der Waals surface area contributed by atoms with Crippen molar-refractivity contribution in [1.82, 2.24) is 0 Å². The molecule has 4 rings (SSSR count). The van der Waals surface area contributed by atoms with Gasteiger partial charge in [0.2, 0.25) is 0 Å². The minimum Gasteiger partial charge on any atom is -0.481 e. The van der Waals surface area contributed by atoms with Crippen molar-refractivity contribution < 1.29 is 15.0 Å². The van der Waals surface area contributed by atoms with E-state index < -0.39 is 5.97 Å². The molecule has 4 aliphatic carbocycles. The van der Waals surface area contributed by atoms with Crippen LogP contribution in [0.3, 0.4) is 0 Å². The Balaban J connectivity index is 1.45. The standard InChI is InChI=1S/C29H48O3/c1-6-20(19(3)27(31)32)8-7-18(2)24-11-12-25-23-10-9-21-17-22(30)13-15-28(21,4)26(23)14-16-29(24,25)5/h9,18-20,22-26,30H,6-8,10-17H2,1-5H3,(H,31,32)/t18-,19?,20?,22+,23+,24-,25+,26+,28+,29-/m1/s1. The number of carbonyl (C=O) groups is 1. The average Bonchev–Trinajstić information content (AvgIpc) is 3.11. The van der Waals surface area contributed by atoms with Gasteiger partial charge in [-0.1, -0.05) is 59.1 Å². The highest BCUT2D eigenvalue weighted by molar-refractivity contribution is 5.69. The van der Waals surface area contributed by atoms with Crippen LogP contribution in [0.15, 0.2) is 11.6 Å². The van der Waals surface area contributed by atoms with E-state index in [1.165, 1.54) is 44.9 Å². The topological polar surface area (TPSA) is 57.5 Å². The summed E-state index contributed by atoms with van der Waals surface area (Å²) in [6.07, 6.45) is 15.4. The van der Waals surface area contributed by atoms with Crippen LogP contribution in [0.1, 0.15) is 105 Å². The molecular weight excluding hydrogens is 396 g/mol. The van der Waals surface area contributed by atoms with Crippen LogP contribution in [0.2, 0.25) is 0 Å². The molecule has 3 fully saturated rings. The molecule has 0 aromatic carbocycles. The van der Waals surface area contributed by atoms with Crippen LogP contribution in [0, 0.1) is 52.3 Å². The van der Waals surface area contributed by atoms with E-state index in [2.05, 4.69) is 33.8 Å². The van der Waals surface area contributed by atoms with E-state index in [0.29, 0.717) is 22.7 Å². The molecule has 182 valence electrons. The van der Waals surface area contributed by atoms with Gasteiger partial charge in [-0.3, -0.25) is 4.79 Å². The lowest BCUT2D eigenvalue weighted by atomic mass is 9.47. The first-order chi connectivity index (χ1) is 15.1. The highest BCUT2D eigenvalue weighted by atomic mass is 16.4. The first-order valence-electron chi connectivity index (χ1n) is 13.7. The number of aliphatic hydroxyl groups excluding tert-OH is 1. The van der Waals surface area contributed by atoms with E-state index in [4.69, 9.17) is 0 Å². The molecule has 0 aromatic rings. The van der Waals surface area contributed by atoms with Crippen LogP contribution in [0.4, 0.5) is 0 Å². The minimum atomic E-state index is -0.635. The van der Waals surface area contributed by atoms with Crippen molar-refractivity contribution in [3.63, 3.8) is 0 Å². The molecule has 0 spiro atoms. The summed E-state index contributed by atoms with van der Waals surface area (Å²) in [6.45, 7) is 11.6. The zero-order valence-corrected chi connectivity index (χ0v) is 21.3. The Morgan fingerprint density at radius 2 is 1.84 bits per heavy atom. The Labute approximate surface area is 196 Å². The largest absolute Gasteiger partial charge is 0.481 e. The van der Waals surface area contributed by atoms with Gasteiger partial charge in [-0.2, -0.15) is 0 Å². The normalized spacial score (nSPS) is 43.9. The number of allylic oxidation sites excluding steroid dienone is 1. The lowest BCUT2D eigenvalue weighted by molar-refractivity contribution is -0.143. The Morgan fingerprint density at radius 3 is 2.53 bits per heavy atom. The number of carboxylic acids is 1. The molecule has 2 N–H and O–H groups in total. The minimum absolute atomic E-state index is 0.118. The summed E-state index contributed by atoms with van der Waals surface area (Å²) in [4.78, 5) is 11.5. The second-order valence-electron chi connectivity index (χ2n) is 12.7. The summed E-state index contributed by atoms with van der Waals surface area (Å²) in [6, 6.07) is 0. The summed E-state index contributed by atoms with van der Waals surface area (Å²) in [5.74, 6) is 3.39. The van der Waals surface area contributed by atoms with Crippen LogP contribution in [-0.4, -0.2) is 22.3 Å². The molecule has 0 aromatic heterocycles. The maximum Gasteiger partial charge on any atom is 0.306 e. The van der Waals surface area contributed by atoms with Crippen LogP contribution in [0.25, 0.3) is 0 Å². The molecule has 2 unspecified atom stereocenters. The van der Waals surface area contributed by atoms with Crippen LogP contribution in [0.5, 0.6) is 0 Å². The van der Waals surface area contributed by atoms with Gasteiger partial charge in [0, 0.05) is 0 Å². The van der Waals surface area contributed by atoms with Gasteiger partial charge in [-0.25, -0.2) is 0 Å². The van der Waals surface area contributed by atoms with Gasteiger partial charge < -0.3 is 10.2 Å². The van der Waals surface area contributed by atoms with Crippen molar-refractivity contribution in [1.29, 1.82) is 0 Å². The maximum absolute atomic E-state index is 11.5. The summed E-state index contributed by atoms with van der Waals surface area (Å²) in [7, 11) is 0. The number of aliphatic carboxylic acids is 1. The lowest BCUT2D eigenvalue weighted by Gasteiger charge is -2.58. The molecule has 3 nitrogen and oxygen atoms in total. The lowest BCUT2D eigenvalue weighted by Crippen LogP contribution is -2.50. The molecule has 3 saturated carbocycles. The van der Waals surface area contributed by atoms with Gasteiger partial charge in [0.05, 0.1) is 12.0 Å². The van der Waals surface area contributed by atoms with Crippen molar-refractivity contribution in [3.05, 3.63) is 11.6 Å². The number of carboxylic acid groups (broad SMARTS) is 1. The molecule has 0 bridgehead atoms. The molecule has 0 amide bonds. The van der Waals surface area contributed by atoms with Gasteiger partial charge in [-0.15, -0.1) is 0 Å². The fourth-order valence-corrected chi connectivity index (χ4v) is 9.30. The van der Waals surface area contributed by atoms with Gasteiger partial charge in [0.1, 0.15) is 0 Å². The Bertz CT molecular complexity index is 728. The first kappa shape index (κ1) is 24.3. The SMILES string of the molecule is CCC(CC[C@@H](C)[C@H]1CC[C@H]2[C@@H]3CC=C4C[C@@H](O)CC[C@]4(C)[C@H]3CC[C@]12C)C(C)C(=O)O. The monoisotopic (exact) mass is 444 g/mol. The molecule has 0 radical (unpaired) electrons. The van der Waals surface area contributed by atoms with Gasteiger partial charge >= 0.3 is 5.97 Å². The van der Waals surface area contributed by atoms with Crippen molar-refractivity contribution in [2.75, 3.05) is 0 Å². The van der Waals surface area contributed by atoms with E-state index in [0.717, 1.165) is 49.4 Å². The van der Waals surface area contributed by atoms with Crippen molar-refractivity contribution >= 4 is 5.97 Å². The van der Waals surface area contributed by atoms with Gasteiger partial charge in [0.15, 0.2) is 0 Å². The van der Waals surface area contributed by atoms with Crippen molar-refractivity contribution in [2.24, 2.45) is 52.3 Å². The third kappa shape index (κ3) is 3.99. The quantitative estimate of drug-likeness (QED) is 0.412. The number of fused-ring (bicyclic) bond motifs is 5. The van der Waals surface area contributed by atoms with E-state index in [9.17, 15) is 15.0 Å². The van der Waals surface area contributed by atoms with Crippen LogP contribution >= 0.6 is 0 Å². The van der Waals surface area contributed by atoms with Crippen molar-refractivity contribution in [3.8, 4) is 0 Å². The maximum atomic E-state index is 11.5. The summed E-state index contributed by atoms with van der Waals surface area (Å²) >= 11 is 0. The van der Waals surface area contributed by atoms with E-state index in [1.54, 1.807) is 5.57 Å². The predicted octanol–water partition coefficient (Wildman–Crippen LogP) is 7.09. The van der Waals surface area contributed by atoms with Crippen LogP contribution < -0.4 is 0 Å². The Morgan fingerprint density at radius 1 is 1.09 bits per heavy atom. The molecule has 0 aliphatic heterocycles. The average molecular weight is 445 g/mol. The second kappa shape index (κ2) is 9.08. The summed E-state index contributed by atoms with van der Waals surface area (Å²) < 4.78 is 0. The molecule has 0 heterocycles. The number of rotatable bonds is 7. The zero-order chi connectivity index (χ0) is 23.3. The van der Waals surface area contributed by atoms with E-state index in [1.807, 2.05) is 6.92 Å². The fraction of sp³-hybridized carbons (Fsp3) is 0.897. The van der Waals surface area contributed by atoms with Gasteiger partial charge in [-0.05, 0) is 104 Å². The Hall–Kier alpha value is -0.830. The number of aliphatic hydroxyl groups is 1. The molecule has 10 atom stereocenters. The molecule has 3 heteroatoms. The third-order valence-electron chi connectivity index (χ3n) is 11.5. The predicted molar refractivity (Wildman–Crippen MR) is 130 cm³/mol. The first-order valence-corrected chi connectivity index (χ1v) is 13.7. The highest BCUT2D eigenvalue weighted by Crippen LogP contribution is 2.67. The molecule has 4 aliphatic rings. The van der Waals surface area contributed by atoms with Crippen molar-refractivity contribution in [2.45, 2.75) is 111 Å². The molecular formula is C29H48O3. The smallest absolute Gasteiger partial charge is 0.306 e. The van der Waals surface area contributed by atoms with Crippen LogP contribution in [-0.2, 0) is 4.79 Å². The van der Waals surface area contributed by atoms with E-state index >= 15 is 0 Å². The molecule has 32 heavy (non-hydrogen) atoms. The summed E-state index contributed by atoms with van der Waals surface area (Å²) in [5, 5.41) is 19.7. The van der Waals surface area contributed by atoms with Gasteiger partial charge in [0.25, 0.3) is 0 Å². The second-order valence-corrected chi connectivity index (χ2v) is 12.7. The summed E-state index contributed by atoms with van der Waals surface area (Å²) in [5.41, 5.74) is 2.35.